The van der Waals surface area contributed by atoms with Gasteiger partial charge in [-0.3, -0.25) is 9.59 Å². The van der Waals surface area contributed by atoms with Crippen LogP contribution < -0.4 is 20.7 Å². The molecule has 46 heavy (non-hydrogen) atoms. The minimum Gasteiger partial charge on any atom is -0.471 e. The van der Waals surface area contributed by atoms with Crippen molar-refractivity contribution in [3.05, 3.63) is 41.0 Å². The van der Waals surface area contributed by atoms with Crippen molar-refractivity contribution in [2.45, 2.75) is 69.9 Å². The van der Waals surface area contributed by atoms with Crippen molar-refractivity contribution in [2.75, 3.05) is 11.9 Å². The topological polar surface area (TPSA) is 121 Å². The van der Waals surface area contributed by atoms with Gasteiger partial charge in [0.2, 0.25) is 11.8 Å². The summed E-state index contributed by atoms with van der Waals surface area (Å²) in [5, 5.41) is 6.83. The number of carbonyl (C=O) groups is 2. The number of carbonyl (C=O) groups excluding carboxylic acids is 2. The summed E-state index contributed by atoms with van der Waals surface area (Å²) in [7, 11) is 0. The summed E-state index contributed by atoms with van der Waals surface area (Å²) in [5.41, 5.74) is -2.51. The summed E-state index contributed by atoms with van der Waals surface area (Å²) in [6, 6.07) is 2.97. The highest BCUT2D eigenvalue weighted by Gasteiger charge is 2.42. The normalized spacial score (nSPS) is 17.7. The predicted octanol–water partition coefficient (Wildman–Crippen LogP) is 6.49. The monoisotopic (exact) mass is 672 g/mol. The van der Waals surface area contributed by atoms with Crippen LogP contribution in [0.2, 0.25) is 0 Å². The van der Waals surface area contributed by atoms with Crippen LogP contribution in [0.1, 0.15) is 54.1 Å². The van der Waals surface area contributed by atoms with Crippen molar-refractivity contribution < 1.29 is 58.2 Å². The smallest absolute Gasteiger partial charge is 0.418 e. The van der Waals surface area contributed by atoms with E-state index in [0.29, 0.717) is 13.0 Å². The molecule has 0 aliphatic heterocycles. The van der Waals surface area contributed by atoms with Crippen LogP contribution in [0.5, 0.6) is 5.88 Å². The molecule has 1 fully saturated rings. The third kappa shape index (κ3) is 8.68. The van der Waals surface area contributed by atoms with Crippen LogP contribution in [0, 0.1) is 5.92 Å². The lowest BCUT2D eigenvalue weighted by molar-refractivity contribution is -0.182. The van der Waals surface area contributed by atoms with Crippen LogP contribution in [0.3, 0.4) is 0 Å². The molecule has 0 radical (unpaired) electrons. The number of hydrogen-bond donors (Lipinski definition) is 4. The standard InChI is InChI=1S/C27H26F10N6O3/c1-25(30,31)23(45)38-10-12-2-7-16(27(35,36)37)17(8-12)40-24-41-18-9-15(22(42-20(18)43-24)46-11-19(28)29)21(44)39-14-5-3-13(4-6-14)26(32,33)34/h2,7-9,13-14,19H,3-6,10-11H2,1H3,(H,38,45)(H,39,44)(H2,40,41,42,43). The summed E-state index contributed by atoms with van der Waals surface area (Å²) in [6.07, 6.45) is -12.7. The number of imidazole rings is 1. The summed E-state index contributed by atoms with van der Waals surface area (Å²) in [5.74, 6) is -8.76. The maximum atomic E-state index is 13.7. The lowest BCUT2D eigenvalue weighted by Crippen LogP contribution is -2.40. The van der Waals surface area contributed by atoms with Crippen LogP contribution >= 0.6 is 0 Å². The van der Waals surface area contributed by atoms with Crippen LogP contribution in [-0.4, -0.2) is 57.9 Å². The number of aromatic amines is 1. The lowest BCUT2D eigenvalue weighted by atomic mass is 9.85. The minimum atomic E-state index is -4.90. The van der Waals surface area contributed by atoms with E-state index in [0.717, 1.165) is 18.2 Å². The van der Waals surface area contributed by atoms with E-state index >= 15 is 0 Å². The number of nitrogens with zero attached hydrogens (tertiary/aromatic N) is 2. The molecule has 0 saturated heterocycles. The van der Waals surface area contributed by atoms with E-state index in [1.54, 1.807) is 0 Å². The summed E-state index contributed by atoms with van der Waals surface area (Å²) < 4.78 is 137. The Labute approximate surface area is 253 Å². The van der Waals surface area contributed by atoms with Gasteiger partial charge in [0.05, 0.1) is 22.7 Å². The molecule has 252 valence electrons. The van der Waals surface area contributed by atoms with Gasteiger partial charge < -0.3 is 25.7 Å². The quantitative estimate of drug-likeness (QED) is 0.183. The molecule has 4 rings (SSSR count). The van der Waals surface area contributed by atoms with Crippen LogP contribution in [-0.2, 0) is 17.5 Å². The maximum absolute atomic E-state index is 13.7. The van der Waals surface area contributed by atoms with Gasteiger partial charge in [-0.1, -0.05) is 6.07 Å². The van der Waals surface area contributed by atoms with Gasteiger partial charge in [-0.05, 0) is 49.4 Å². The Morgan fingerprint density at radius 3 is 2.26 bits per heavy atom. The Balaban J connectivity index is 1.60. The van der Waals surface area contributed by atoms with Crippen LogP contribution in [0.4, 0.5) is 55.5 Å². The number of halogens is 10. The van der Waals surface area contributed by atoms with E-state index in [2.05, 4.69) is 25.6 Å². The number of fused-ring (bicyclic) bond motifs is 1. The first-order valence-electron chi connectivity index (χ1n) is 13.6. The SMILES string of the molecule is CC(F)(F)C(=O)NCc1ccc(C(F)(F)F)c(Nc2nc3nc(OCC(F)F)c(C(=O)NC4CCC(C(F)(F)F)CC4)cc3[nH]2)c1. The molecule has 19 heteroatoms. The summed E-state index contributed by atoms with van der Waals surface area (Å²) in [6.45, 7) is -1.38. The zero-order valence-electron chi connectivity index (χ0n) is 23.7. The Morgan fingerprint density at radius 1 is 1.00 bits per heavy atom. The van der Waals surface area contributed by atoms with E-state index in [4.69, 9.17) is 4.74 Å². The van der Waals surface area contributed by atoms with E-state index in [1.165, 1.54) is 0 Å². The Morgan fingerprint density at radius 2 is 1.67 bits per heavy atom. The Kier molecular flexibility index (Phi) is 9.91. The fourth-order valence-electron chi connectivity index (χ4n) is 4.75. The number of pyridine rings is 1. The fraction of sp³-hybridized carbons (Fsp3) is 0.481. The Hall–Kier alpha value is -4.32. The van der Waals surface area contributed by atoms with Crippen molar-refractivity contribution in [1.29, 1.82) is 0 Å². The molecule has 2 amide bonds. The molecule has 1 aromatic carbocycles. The van der Waals surface area contributed by atoms with E-state index < -0.39 is 78.8 Å². The van der Waals surface area contributed by atoms with Crippen LogP contribution in [0.15, 0.2) is 24.3 Å². The third-order valence-electron chi connectivity index (χ3n) is 7.05. The van der Waals surface area contributed by atoms with E-state index in [1.807, 2.05) is 5.32 Å². The highest BCUT2D eigenvalue weighted by molar-refractivity contribution is 5.99. The molecule has 4 N–H and O–H groups in total. The lowest BCUT2D eigenvalue weighted by Gasteiger charge is -2.30. The van der Waals surface area contributed by atoms with Gasteiger partial charge in [-0.25, -0.2) is 8.78 Å². The van der Waals surface area contributed by atoms with Crippen molar-refractivity contribution in [2.24, 2.45) is 5.92 Å². The first kappa shape index (κ1) is 34.6. The number of alkyl halides is 10. The van der Waals surface area contributed by atoms with Gasteiger partial charge in [-0.2, -0.15) is 45.1 Å². The highest BCUT2D eigenvalue weighted by Crippen LogP contribution is 2.38. The molecule has 3 aromatic rings. The average molecular weight is 673 g/mol. The largest absolute Gasteiger partial charge is 0.471 e. The van der Waals surface area contributed by atoms with Gasteiger partial charge in [0.1, 0.15) is 5.56 Å². The fourth-order valence-corrected chi connectivity index (χ4v) is 4.75. The number of amides is 2. The number of H-pyrrole nitrogens is 1. The first-order valence-corrected chi connectivity index (χ1v) is 13.6. The van der Waals surface area contributed by atoms with Gasteiger partial charge in [0, 0.05) is 19.5 Å². The molecule has 0 unspecified atom stereocenters. The summed E-state index contributed by atoms with van der Waals surface area (Å²) in [4.78, 5) is 35.1. The summed E-state index contributed by atoms with van der Waals surface area (Å²) >= 11 is 0. The third-order valence-corrected chi connectivity index (χ3v) is 7.05. The molecule has 2 aromatic heterocycles. The number of nitrogens with one attached hydrogen (secondary N) is 4. The van der Waals surface area contributed by atoms with Crippen molar-refractivity contribution in [3.8, 4) is 5.88 Å². The maximum Gasteiger partial charge on any atom is 0.418 e. The molecule has 1 aliphatic carbocycles. The minimum absolute atomic E-state index is 0.00208. The second-order valence-electron chi connectivity index (χ2n) is 10.6. The zero-order valence-corrected chi connectivity index (χ0v) is 23.7. The van der Waals surface area contributed by atoms with Crippen LogP contribution in [0.25, 0.3) is 11.2 Å². The van der Waals surface area contributed by atoms with Gasteiger partial charge >= 0.3 is 18.3 Å². The van der Waals surface area contributed by atoms with Gasteiger partial charge in [0.15, 0.2) is 12.3 Å². The second kappa shape index (κ2) is 13.2. The van der Waals surface area contributed by atoms with Crippen molar-refractivity contribution in [1.82, 2.24) is 25.6 Å². The van der Waals surface area contributed by atoms with Gasteiger partial charge in [0.25, 0.3) is 18.2 Å². The van der Waals surface area contributed by atoms with Crippen molar-refractivity contribution in [3.63, 3.8) is 0 Å². The Bertz CT molecular complexity index is 1560. The van der Waals surface area contributed by atoms with Gasteiger partial charge in [-0.15, -0.1) is 0 Å². The molecule has 0 bridgehead atoms. The van der Waals surface area contributed by atoms with E-state index in [9.17, 15) is 53.5 Å². The number of ether oxygens (including phenoxy) is 1. The molecule has 9 nitrogen and oxygen atoms in total. The number of hydrogen-bond acceptors (Lipinski definition) is 6. The molecule has 1 saturated carbocycles. The molecule has 1 aliphatic rings. The number of benzene rings is 1. The molecular formula is C27H26F10N6O3. The molecular weight excluding hydrogens is 646 g/mol. The number of anilines is 2. The average Bonchev–Trinajstić information content (AvgIpc) is 3.34. The molecule has 0 atom stereocenters. The predicted molar refractivity (Wildman–Crippen MR) is 142 cm³/mol. The number of rotatable bonds is 10. The molecule has 0 spiro atoms. The molecule has 2 heterocycles. The first-order chi connectivity index (χ1) is 21.3. The second-order valence-corrected chi connectivity index (χ2v) is 10.6. The van der Waals surface area contributed by atoms with Crippen molar-refractivity contribution >= 4 is 34.6 Å². The zero-order chi connectivity index (χ0) is 34.0. The number of aromatic nitrogens is 3. The highest BCUT2D eigenvalue weighted by atomic mass is 19.4. The van der Waals surface area contributed by atoms with E-state index in [-0.39, 0.29) is 53.9 Å².